The van der Waals surface area contributed by atoms with Gasteiger partial charge in [0.15, 0.2) is 5.65 Å². The van der Waals surface area contributed by atoms with Gasteiger partial charge in [-0.1, -0.05) is 13.8 Å². The smallest absolute Gasteiger partial charge is 0.160 e. The Kier molecular flexibility index (Phi) is 3.98. The Bertz CT molecular complexity index is 614. The summed E-state index contributed by atoms with van der Waals surface area (Å²) in [5.74, 6) is 1.81. The first kappa shape index (κ1) is 14.5. The van der Waals surface area contributed by atoms with Crippen molar-refractivity contribution in [3.63, 3.8) is 0 Å². The number of rotatable bonds is 4. The summed E-state index contributed by atoms with van der Waals surface area (Å²) in [6.45, 7) is 11.3. The van der Waals surface area contributed by atoms with Crippen LogP contribution >= 0.6 is 0 Å². The molecule has 0 saturated carbocycles. The largest absolute Gasteiger partial charge is 0.311 e. The minimum absolute atomic E-state index is 0.443. The van der Waals surface area contributed by atoms with Crippen molar-refractivity contribution in [3.8, 4) is 0 Å². The molecule has 4 nitrogen and oxygen atoms in total. The first-order valence-electron chi connectivity index (χ1n) is 8.15. The SMILES string of the molecule is CC(C)Cn1c(C2CCCN2C(C)C)nc2cccnc21. The van der Waals surface area contributed by atoms with Crippen molar-refractivity contribution in [2.45, 2.75) is 59.2 Å². The first-order chi connectivity index (χ1) is 10.1. The Labute approximate surface area is 127 Å². The Balaban J connectivity index is 2.08. The lowest BCUT2D eigenvalue weighted by molar-refractivity contribution is 0.194. The molecule has 0 N–H and O–H groups in total. The van der Waals surface area contributed by atoms with Gasteiger partial charge in [-0.15, -0.1) is 0 Å². The number of nitrogens with zero attached hydrogens (tertiary/aromatic N) is 4. The molecule has 114 valence electrons. The molecule has 1 fully saturated rings. The molecule has 0 radical (unpaired) electrons. The predicted molar refractivity (Wildman–Crippen MR) is 86.2 cm³/mol. The van der Waals surface area contributed by atoms with Gasteiger partial charge in [0.25, 0.3) is 0 Å². The molecule has 0 amide bonds. The number of aromatic nitrogens is 3. The van der Waals surface area contributed by atoms with Crippen LogP contribution in [0.5, 0.6) is 0 Å². The summed E-state index contributed by atoms with van der Waals surface area (Å²) in [4.78, 5) is 12.1. The Morgan fingerprint density at radius 1 is 1.29 bits per heavy atom. The van der Waals surface area contributed by atoms with E-state index in [9.17, 15) is 0 Å². The number of hydrogen-bond donors (Lipinski definition) is 0. The lowest BCUT2D eigenvalue weighted by Gasteiger charge is -2.28. The maximum Gasteiger partial charge on any atom is 0.160 e. The van der Waals surface area contributed by atoms with E-state index in [1.54, 1.807) is 0 Å². The van der Waals surface area contributed by atoms with Crippen LogP contribution in [0.2, 0.25) is 0 Å². The van der Waals surface area contributed by atoms with Crippen molar-refractivity contribution in [2.24, 2.45) is 5.92 Å². The number of likely N-dealkylation sites (tertiary alicyclic amines) is 1. The van der Waals surface area contributed by atoms with Gasteiger partial charge in [-0.25, -0.2) is 9.97 Å². The lowest BCUT2D eigenvalue weighted by atomic mass is 10.1. The fourth-order valence-corrected chi connectivity index (χ4v) is 3.46. The van der Waals surface area contributed by atoms with Gasteiger partial charge in [-0.05, 0) is 51.3 Å². The number of fused-ring (bicyclic) bond motifs is 1. The molecule has 2 aromatic rings. The Morgan fingerprint density at radius 2 is 2.10 bits per heavy atom. The molecular weight excluding hydrogens is 260 g/mol. The quantitative estimate of drug-likeness (QED) is 0.860. The zero-order valence-electron chi connectivity index (χ0n) is 13.6. The Hall–Kier alpha value is -1.42. The van der Waals surface area contributed by atoms with E-state index in [-0.39, 0.29) is 0 Å². The second kappa shape index (κ2) is 5.76. The van der Waals surface area contributed by atoms with E-state index in [1.165, 1.54) is 25.2 Å². The summed E-state index contributed by atoms with van der Waals surface area (Å²) in [5, 5.41) is 0. The van der Waals surface area contributed by atoms with Crippen LogP contribution < -0.4 is 0 Å². The van der Waals surface area contributed by atoms with Gasteiger partial charge in [0.1, 0.15) is 11.3 Å². The average Bonchev–Trinajstić information content (AvgIpc) is 3.03. The van der Waals surface area contributed by atoms with E-state index in [4.69, 9.17) is 4.98 Å². The van der Waals surface area contributed by atoms with Crippen molar-refractivity contribution in [3.05, 3.63) is 24.2 Å². The third-order valence-electron chi connectivity index (χ3n) is 4.34. The molecule has 3 rings (SSSR count). The molecule has 1 aliphatic rings. The molecule has 0 spiro atoms. The summed E-state index contributed by atoms with van der Waals surface area (Å²) in [7, 11) is 0. The molecule has 0 aromatic carbocycles. The molecule has 21 heavy (non-hydrogen) atoms. The summed E-state index contributed by atoms with van der Waals surface area (Å²) in [6.07, 6.45) is 4.35. The number of pyridine rings is 1. The van der Waals surface area contributed by atoms with Crippen molar-refractivity contribution in [1.29, 1.82) is 0 Å². The number of imidazole rings is 1. The molecule has 4 heteroatoms. The van der Waals surface area contributed by atoms with Gasteiger partial charge in [0, 0.05) is 18.8 Å². The van der Waals surface area contributed by atoms with E-state index in [1.807, 2.05) is 12.3 Å². The maximum absolute atomic E-state index is 4.94. The van der Waals surface area contributed by atoms with Crippen LogP contribution in [0, 0.1) is 5.92 Å². The van der Waals surface area contributed by atoms with Crippen LogP contribution in [0.4, 0.5) is 0 Å². The number of hydrogen-bond acceptors (Lipinski definition) is 3. The van der Waals surface area contributed by atoms with Crippen LogP contribution in [-0.4, -0.2) is 32.0 Å². The molecular formula is C17H26N4. The van der Waals surface area contributed by atoms with Crippen LogP contribution in [0.3, 0.4) is 0 Å². The van der Waals surface area contributed by atoms with Gasteiger partial charge in [0.2, 0.25) is 0 Å². The molecule has 0 aliphatic carbocycles. The average molecular weight is 286 g/mol. The topological polar surface area (TPSA) is 34.0 Å². The molecule has 3 heterocycles. The van der Waals surface area contributed by atoms with Gasteiger partial charge < -0.3 is 4.57 Å². The normalized spacial score (nSPS) is 20.2. The van der Waals surface area contributed by atoms with Gasteiger partial charge in [-0.3, -0.25) is 4.90 Å². The van der Waals surface area contributed by atoms with Crippen LogP contribution in [0.1, 0.15) is 52.4 Å². The minimum Gasteiger partial charge on any atom is -0.311 e. The fourth-order valence-electron chi connectivity index (χ4n) is 3.46. The maximum atomic E-state index is 4.94. The summed E-state index contributed by atoms with van der Waals surface area (Å²) in [6, 6.07) is 5.07. The first-order valence-corrected chi connectivity index (χ1v) is 8.15. The molecule has 1 aliphatic heterocycles. The predicted octanol–water partition coefficient (Wildman–Crippen LogP) is 3.63. The highest BCUT2D eigenvalue weighted by Gasteiger charge is 2.32. The van der Waals surface area contributed by atoms with E-state index < -0.39 is 0 Å². The standard InChI is InChI=1S/C17H26N4/c1-12(2)11-21-16-14(7-5-9-18-16)19-17(21)15-8-6-10-20(15)13(3)4/h5,7,9,12-13,15H,6,8,10-11H2,1-4H3. The summed E-state index contributed by atoms with van der Waals surface area (Å²) >= 11 is 0. The molecule has 1 unspecified atom stereocenters. The highest BCUT2D eigenvalue weighted by Crippen LogP contribution is 2.34. The van der Waals surface area contributed by atoms with Crippen molar-refractivity contribution >= 4 is 11.2 Å². The highest BCUT2D eigenvalue weighted by atomic mass is 15.3. The van der Waals surface area contributed by atoms with Crippen molar-refractivity contribution < 1.29 is 0 Å². The monoisotopic (exact) mass is 286 g/mol. The summed E-state index contributed by atoms with van der Waals surface area (Å²) < 4.78 is 2.35. The van der Waals surface area contributed by atoms with E-state index in [0.717, 1.165) is 17.7 Å². The zero-order chi connectivity index (χ0) is 15.0. The van der Waals surface area contributed by atoms with Gasteiger partial charge in [-0.2, -0.15) is 0 Å². The third-order valence-corrected chi connectivity index (χ3v) is 4.34. The van der Waals surface area contributed by atoms with Crippen molar-refractivity contribution in [1.82, 2.24) is 19.4 Å². The fraction of sp³-hybridized carbons (Fsp3) is 0.647. The van der Waals surface area contributed by atoms with E-state index in [2.05, 4.69) is 48.2 Å². The highest BCUT2D eigenvalue weighted by molar-refractivity contribution is 5.71. The van der Waals surface area contributed by atoms with Gasteiger partial charge in [0.05, 0.1) is 6.04 Å². The molecule has 1 atom stereocenters. The lowest BCUT2D eigenvalue weighted by Crippen LogP contribution is -2.32. The van der Waals surface area contributed by atoms with E-state index >= 15 is 0 Å². The molecule has 1 saturated heterocycles. The second-order valence-corrected chi connectivity index (χ2v) is 6.81. The van der Waals surface area contributed by atoms with Gasteiger partial charge >= 0.3 is 0 Å². The van der Waals surface area contributed by atoms with Crippen molar-refractivity contribution in [2.75, 3.05) is 6.54 Å². The van der Waals surface area contributed by atoms with Crippen LogP contribution in [-0.2, 0) is 6.54 Å². The Morgan fingerprint density at radius 3 is 2.81 bits per heavy atom. The van der Waals surface area contributed by atoms with Crippen LogP contribution in [0.25, 0.3) is 11.2 Å². The minimum atomic E-state index is 0.443. The van der Waals surface area contributed by atoms with Crippen LogP contribution in [0.15, 0.2) is 18.3 Å². The summed E-state index contributed by atoms with van der Waals surface area (Å²) in [5.41, 5.74) is 2.07. The second-order valence-electron chi connectivity index (χ2n) is 6.81. The zero-order valence-corrected chi connectivity index (χ0v) is 13.6. The molecule has 0 bridgehead atoms. The third kappa shape index (κ3) is 2.69. The molecule has 2 aromatic heterocycles. The van der Waals surface area contributed by atoms with E-state index in [0.29, 0.717) is 18.0 Å².